The van der Waals surface area contributed by atoms with Crippen molar-refractivity contribution in [1.29, 1.82) is 0 Å². The molecule has 11 heteroatoms. The van der Waals surface area contributed by atoms with Crippen LogP contribution in [0.2, 0.25) is 0 Å². The van der Waals surface area contributed by atoms with E-state index < -0.39 is 27.3 Å². The fourth-order valence-corrected chi connectivity index (χ4v) is 4.95. The first kappa shape index (κ1) is 19.2. The van der Waals surface area contributed by atoms with Crippen LogP contribution in [0.3, 0.4) is 0 Å². The molecule has 2 aromatic heterocycles. The standard InChI is InChI=1S/C16H21N5O5S/c1-2-17-13(22)7-10-5-3-4-6-21(10)27(25,26)11-8-12-14(18-9-11)19-16(24)20-15(12)23/h8-10H,2-7H2,1H3,(H,17,22)(H2,18,19,20,23,24). The molecule has 3 N–H and O–H groups in total. The average Bonchev–Trinajstić information content (AvgIpc) is 2.61. The number of amides is 1. The topological polar surface area (TPSA) is 145 Å². The van der Waals surface area contributed by atoms with Gasteiger partial charge in [0.1, 0.15) is 10.5 Å². The summed E-state index contributed by atoms with van der Waals surface area (Å²) in [5, 5.41) is 2.67. The highest BCUT2D eigenvalue weighted by Crippen LogP contribution is 2.27. The molecule has 0 radical (unpaired) electrons. The molecule has 1 fully saturated rings. The largest absolute Gasteiger partial charge is 0.356 e. The third kappa shape index (κ3) is 3.93. The molecular weight excluding hydrogens is 374 g/mol. The van der Waals surface area contributed by atoms with Crippen molar-refractivity contribution >= 4 is 27.0 Å². The Morgan fingerprint density at radius 2 is 2.11 bits per heavy atom. The highest BCUT2D eigenvalue weighted by Gasteiger charge is 2.35. The Bertz CT molecular complexity index is 1070. The summed E-state index contributed by atoms with van der Waals surface area (Å²) in [6.07, 6.45) is 3.32. The number of pyridine rings is 1. The lowest BCUT2D eigenvalue weighted by Gasteiger charge is -2.34. The number of H-pyrrole nitrogens is 2. The van der Waals surface area contributed by atoms with Gasteiger partial charge in [0.2, 0.25) is 15.9 Å². The first-order valence-corrected chi connectivity index (χ1v) is 10.2. The first-order valence-electron chi connectivity index (χ1n) is 8.74. The lowest BCUT2D eigenvalue weighted by molar-refractivity contribution is -0.122. The van der Waals surface area contributed by atoms with Crippen LogP contribution in [0.5, 0.6) is 0 Å². The highest BCUT2D eigenvalue weighted by molar-refractivity contribution is 7.89. The lowest BCUT2D eigenvalue weighted by Crippen LogP contribution is -2.46. The Kier molecular flexibility index (Phi) is 5.42. The van der Waals surface area contributed by atoms with Crippen molar-refractivity contribution in [2.24, 2.45) is 0 Å². The molecule has 0 aromatic carbocycles. The van der Waals surface area contributed by atoms with Gasteiger partial charge in [-0.25, -0.2) is 18.2 Å². The number of sulfonamides is 1. The Morgan fingerprint density at radius 1 is 1.33 bits per heavy atom. The predicted molar refractivity (Wildman–Crippen MR) is 97.8 cm³/mol. The van der Waals surface area contributed by atoms with Crippen LogP contribution in [-0.4, -0.2) is 52.7 Å². The molecule has 0 spiro atoms. The van der Waals surface area contributed by atoms with Crippen molar-refractivity contribution in [2.45, 2.75) is 43.5 Å². The zero-order valence-electron chi connectivity index (χ0n) is 14.8. The van der Waals surface area contributed by atoms with Crippen molar-refractivity contribution in [2.75, 3.05) is 13.1 Å². The Hall–Kier alpha value is -2.53. The van der Waals surface area contributed by atoms with Crippen LogP contribution in [0.4, 0.5) is 0 Å². The molecule has 0 aliphatic carbocycles. The molecular formula is C16H21N5O5S. The normalized spacial score (nSPS) is 18.5. The molecule has 27 heavy (non-hydrogen) atoms. The van der Waals surface area contributed by atoms with Gasteiger partial charge < -0.3 is 5.32 Å². The number of aromatic amines is 2. The Morgan fingerprint density at radius 3 is 2.85 bits per heavy atom. The second kappa shape index (κ2) is 7.61. The zero-order chi connectivity index (χ0) is 19.6. The second-order valence-corrected chi connectivity index (χ2v) is 8.29. The summed E-state index contributed by atoms with van der Waals surface area (Å²) in [6, 6.07) is 0.754. The average molecular weight is 395 g/mol. The molecule has 1 atom stereocenters. The van der Waals surface area contributed by atoms with Crippen molar-refractivity contribution in [3.63, 3.8) is 0 Å². The number of rotatable bonds is 5. The van der Waals surface area contributed by atoms with Crippen LogP contribution in [0, 0.1) is 0 Å². The molecule has 1 unspecified atom stereocenters. The van der Waals surface area contributed by atoms with E-state index in [9.17, 15) is 22.8 Å². The SMILES string of the molecule is CCNC(=O)CC1CCCCN1S(=O)(=O)c1cnc2[nH]c(=O)[nH]c(=O)c2c1. The molecule has 10 nitrogen and oxygen atoms in total. The van der Waals surface area contributed by atoms with E-state index in [1.54, 1.807) is 6.92 Å². The molecule has 1 aliphatic rings. The molecule has 2 aromatic rings. The third-order valence-corrected chi connectivity index (χ3v) is 6.46. The number of aromatic nitrogens is 3. The number of carbonyl (C=O) groups excluding carboxylic acids is 1. The summed E-state index contributed by atoms with van der Waals surface area (Å²) in [7, 11) is -3.94. The van der Waals surface area contributed by atoms with Gasteiger partial charge in [0.15, 0.2) is 0 Å². The number of carbonyl (C=O) groups is 1. The smallest absolute Gasteiger partial charge is 0.327 e. The van der Waals surface area contributed by atoms with E-state index in [1.807, 2.05) is 0 Å². The van der Waals surface area contributed by atoms with E-state index in [-0.39, 0.29) is 28.3 Å². The number of nitrogens with one attached hydrogen (secondary N) is 3. The molecule has 1 saturated heterocycles. The maximum atomic E-state index is 13.1. The highest BCUT2D eigenvalue weighted by atomic mass is 32.2. The number of nitrogens with zero attached hydrogens (tertiary/aromatic N) is 2. The maximum absolute atomic E-state index is 13.1. The van der Waals surface area contributed by atoms with Gasteiger partial charge in [-0.15, -0.1) is 0 Å². The summed E-state index contributed by atoms with van der Waals surface area (Å²) in [6.45, 7) is 2.58. The van der Waals surface area contributed by atoms with E-state index in [0.717, 1.165) is 12.6 Å². The van der Waals surface area contributed by atoms with E-state index >= 15 is 0 Å². The van der Waals surface area contributed by atoms with Gasteiger partial charge in [0.25, 0.3) is 5.56 Å². The van der Waals surface area contributed by atoms with Crippen LogP contribution in [0.1, 0.15) is 32.6 Å². The van der Waals surface area contributed by atoms with Crippen molar-refractivity contribution in [1.82, 2.24) is 24.6 Å². The molecule has 3 heterocycles. The van der Waals surface area contributed by atoms with Crippen LogP contribution in [0.25, 0.3) is 11.0 Å². The summed E-state index contributed by atoms with van der Waals surface area (Å²) >= 11 is 0. The molecule has 1 amide bonds. The van der Waals surface area contributed by atoms with Gasteiger partial charge >= 0.3 is 5.69 Å². The van der Waals surface area contributed by atoms with Gasteiger partial charge in [-0.2, -0.15) is 4.31 Å². The fraction of sp³-hybridized carbons (Fsp3) is 0.500. The predicted octanol–water partition coefficient (Wildman–Crippen LogP) is -0.319. The van der Waals surface area contributed by atoms with E-state index in [1.165, 1.54) is 10.4 Å². The summed E-state index contributed by atoms with van der Waals surface area (Å²) in [5.74, 6) is -0.199. The third-order valence-electron chi connectivity index (χ3n) is 4.54. The van der Waals surface area contributed by atoms with Gasteiger partial charge in [0.05, 0.1) is 5.39 Å². The fourth-order valence-electron chi connectivity index (χ4n) is 3.28. The van der Waals surface area contributed by atoms with E-state index in [2.05, 4.69) is 20.3 Å². The lowest BCUT2D eigenvalue weighted by atomic mass is 10.0. The Labute approximate surface area is 155 Å². The molecule has 146 valence electrons. The minimum absolute atomic E-state index is 0.0141. The minimum Gasteiger partial charge on any atom is -0.356 e. The second-order valence-electron chi connectivity index (χ2n) is 6.40. The van der Waals surface area contributed by atoms with Crippen molar-refractivity contribution in [3.05, 3.63) is 33.1 Å². The quantitative estimate of drug-likeness (QED) is 0.633. The maximum Gasteiger partial charge on any atom is 0.327 e. The van der Waals surface area contributed by atoms with Crippen LogP contribution in [0.15, 0.2) is 26.7 Å². The monoisotopic (exact) mass is 395 g/mol. The number of piperidine rings is 1. The van der Waals surface area contributed by atoms with Gasteiger partial charge in [-0.05, 0) is 25.8 Å². The summed E-state index contributed by atoms with van der Waals surface area (Å²) in [5.41, 5.74) is -1.41. The van der Waals surface area contributed by atoms with Crippen molar-refractivity contribution < 1.29 is 13.2 Å². The molecule has 0 saturated carbocycles. The number of fused-ring (bicyclic) bond motifs is 1. The van der Waals surface area contributed by atoms with Crippen LogP contribution >= 0.6 is 0 Å². The molecule has 1 aliphatic heterocycles. The zero-order valence-corrected chi connectivity index (χ0v) is 15.6. The molecule has 3 rings (SSSR count). The number of hydrogen-bond acceptors (Lipinski definition) is 6. The number of hydrogen-bond donors (Lipinski definition) is 3. The van der Waals surface area contributed by atoms with E-state index in [4.69, 9.17) is 0 Å². The van der Waals surface area contributed by atoms with Gasteiger partial charge in [0, 0.05) is 31.7 Å². The summed E-state index contributed by atoms with van der Waals surface area (Å²) in [4.78, 5) is 43.4. The van der Waals surface area contributed by atoms with Gasteiger partial charge in [-0.1, -0.05) is 6.42 Å². The minimum atomic E-state index is -3.94. The van der Waals surface area contributed by atoms with Gasteiger partial charge in [-0.3, -0.25) is 19.6 Å². The van der Waals surface area contributed by atoms with Crippen LogP contribution < -0.4 is 16.6 Å². The summed E-state index contributed by atoms with van der Waals surface area (Å²) < 4.78 is 27.6. The Balaban J connectivity index is 1.98. The van der Waals surface area contributed by atoms with Crippen LogP contribution in [-0.2, 0) is 14.8 Å². The molecule has 0 bridgehead atoms. The first-order chi connectivity index (χ1) is 12.8. The van der Waals surface area contributed by atoms with E-state index in [0.29, 0.717) is 25.9 Å². The van der Waals surface area contributed by atoms with Crippen molar-refractivity contribution in [3.8, 4) is 0 Å².